The number of carbonyl (C=O) groups excluding carboxylic acids is 1. The average Bonchev–Trinajstić information content (AvgIpc) is 2.32. The van der Waals surface area contributed by atoms with Gasteiger partial charge < -0.3 is 16.2 Å². The van der Waals surface area contributed by atoms with Crippen LogP contribution in [0.4, 0.5) is 4.79 Å². The smallest absolute Gasteiger partial charge is 0.312 e. The Labute approximate surface area is 108 Å². The second-order valence-electron chi connectivity index (χ2n) is 4.53. The van der Waals surface area contributed by atoms with Gasteiger partial charge in [0.15, 0.2) is 0 Å². The highest BCUT2D eigenvalue weighted by Gasteiger charge is 2.10. The van der Waals surface area contributed by atoms with Crippen LogP contribution in [0.15, 0.2) is 18.2 Å². The number of phenols is 1. The van der Waals surface area contributed by atoms with Gasteiger partial charge in [-0.1, -0.05) is 32.4 Å². The van der Waals surface area contributed by atoms with Crippen LogP contribution in [0.5, 0.6) is 5.75 Å². The van der Waals surface area contributed by atoms with Gasteiger partial charge in [-0.25, -0.2) is 4.79 Å². The topological polar surface area (TPSA) is 75.3 Å². The molecule has 1 rings (SSSR count). The molecule has 0 heterocycles. The zero-order valence-corrected chi connectivity index (χ0v) is 11.1. The Kier molecular flexibility index (Phi) is 5.49. The molecule has 4 N–H and O–H groups in total. The number of hydrogen-bond acceptors (Lipinski definition) is 2. The molecule has 0 bridgehead atoms. The lowest BCUT2D eigenvalue weighted by atomic mass is 9.99. The average molecular weight is 250 g/mol. The number of primary amides is 1. The highest BCUT2D eigenvalue weighted by molar-refractivity contribution is 5.72. The van der Waals surface area contributed by atoms with Crippen molar-refractivity contribution in [2.75, 3.05) is 0 Å². The number of rotatable bonds is 6. The number of carbonyl (C=O) groups is 1. The Morgan fingerprint density at radius 2 is 2.17 bits per heavy atom. The summed E-state index contributed by atoms with van der Waals surface area (Å²) in [6.45, 7) is 4.09. The molecule has 4 nitrogen and oxygen atoms in total. The van der Waals surface area contributed by atoms with Gasteiger partial charge in [0.2, 0.25) is 0 Å². The summed E-state index contributed by atoms with van der Waals surface area (Å²) in [5, 5.41) is 12.4. The summed E-state index contributed by atoms with van der Waals surface area (Å²) >= 11 is 0. The molecule has 0 saturated carbocycles. The molecule has 1 atom stereocenters. The molecular formula is C14H22N2O2. The van der Waals surface area contributed by atoms with Crippen molar-refractivity contribution in [3.05, 3.63) is 29.3 Å². The molecule has 0 aliphatic heterocycles. The van der Waals surface area contributed by atoms with E-state index in [0.29, 0.717) is 5.75 Å². The van der Waals surface area contributed by atoms with E-state index >= 15 is 0 Å². The number of nitrogens with one attached hydrogen (secondary N) is 1. The van der Waals surface area contributed by atoms with Gasteiger partial charge in [-0.2, -0.15) is 0 Å². The molecule has 0 aromatic heterocycles. The van der Waals surface area contributed by atoms with E-state index in [2.05, 4.69) is 12.2 Å². The summed E-state index contributed by atoms with van der Waals surface area (Å²) in [5.41, 5.74) is 7.20. The van der Waals surface area contributed by atoms with Crippen LogP contribution in [0.2, 0.25) is 0 Å². The SMILES string of the molecule is CCCc1cc(CC(CC)NC(N)=O)ccc1O. The van der Waals surface area contributed by atoms with Gasteiger partial charge in [-0.3, -0.25) is 0 Å². The lowest BCUT2D eigenvalue weighted by Gasteiger charge is -2.16. The highest BCUT2D eigenvalue weighted by atomic mass is 16.3. The van der Waals surface area contributed by atoms with E-state index in [-0.39, 0.29) is 6.04 Å². The summed E-state index contributed by atoms with van der Waals surface area (Å²) in [6, 6.07) is 5.16. The molecule has 0 aliphatic carbocycles. The van der Waals surface area contributed by atoms with Crippen LogP contribution in [0.25, 0.3) is 0 Å². The largest absolute Gasteiger partial charge is 0.508 e. The fourth-order valence-corrected chi connectivity index (χ4v) is 2.02. The summed E-state index contributed by atoms with van der Waals surface area (Å²) in [6.07, 6.45) is 3.41. The third kappa shape index (κ3) is 4.28. The van der Waals surface area contributed by atoms with Gasteiger partial charge >= 0.3 is 6.03 Å². The number of benzene rings is 1. The van der Waals surface area contributed by atoms with E-state index in [9.17, 15) is 9.90 Å². The molecule has 0 fully saturated rings. The fraction of sp³-hybridized carbons (Fsp3) is 0.500. The van der Waals surface area contributed by atoms with Gasteiger partial charge in [-0.15, -0.1) is 0 Å². The minimum atomic E-state index is -0.491. The van der Waals surface area contributed by atoms with Gasteiger partial charge in [0, 0.05) is 6.04 Å². The normalized spacial score (nSPS) is 12.1. The molecule has 1 aromatic carbocycles. The molecule has 0 aliphatic rings. The highest BCUT2D eigenvalue weighted by Crippen LogP contribution is 2.21. The van der Waals surface area contributed by atoms with E-state index < -0.39 is 6.03 Å². The predicted molar refractivity (Wildman–Crippen MR) is 72.6 cm³/mol. The zero-order chi connectivity index (χ0) is 13.5. The van der Waals surface area contributed by atoms with Gasteiger partial charge in [-0.05, 0) is 36.5 Å². The van der Waals surface area contributed by atoms with Crippen LogP contribution in [0.1, 0.15) is 37.8 Å². The standard InChI is InChI=1S/C14H22N2O2/c1-3-5-11-8-10(6-7-13(11)17)9-12(4-2)16-14(15)18/h6-8,12,17H,3-5,9H2,1-2H3,(H3,15,16,18). The summed E-state index contributed by atoms with van der Waals surface area (Å²) < 4.78 is 0. The van der Waals surface area contributed by atoms with Gasteiger partial charge in [0.1, 0.15) is 5.75 Å². The lowest BCUT2D eigenvalue weighted by molar-refractivity contribution is 0.244. The minimum Gasteiger partial charge on any atom is -0.508 e. The van der Waals surface area contributed by atoms with Crippen LogP contribution >= 0.6 is 0 Å². The fourth-order valence-electron chi connectivity index (χ4n) is 2.02. The van der Waals surface area contributed by atoms with Crippen LogP contribution in [0, 0.1) is 0 Å². The van der Waals surface area contributed by atoms with E-state index in [4.69, 9.17) is 5.73 Å². The summed E-state index contributed by atoms with van der Waals surface area (Å²) in [5.74, 6) is 0.344. The maximum Gasteiger partial charge on any atom is 0.312 e. The van der Waals surface area contributed by atoms with E-state index in [1.165, 1.54) is 0 Å². The summed E-state index contributed by atoms with van der Waals surface area (Å²) in [4.78, 5) is 10.9. The number of aromatic hydroxyl groups is 1. The Bertz CT molecular complexity index is 405. The lowest BCUT2D eigenvalue weighted by Crippen LogP contribution is -2.39. The first-order valence-corrected chi connectivity index (χ1v) is 6.43. The van der Waals surface area contributed by atoms with Crippen molar-refractivity contribution in [2.24, 2.45) is 5.73 Å². The Morgan fingerprint density at radius 1 is 1.44 bits per heavy atom. The number of hydrogen-bond donors (Lipinski definition) is 3. The van der Waals surface area contributed by atoms with Crippen molar-refractivity contribution in [1.82, 2.24) is 5.32 Å². The molecule has 0 spiro atoms. The number of nitrogens with two attached hydrogens (primary N) is 1. The van der Waals surface area contributed by atoms with Crippen molar-refractivity contribution < 1.29 is 9.90 Å². The van der Waals surface area contributed by atoms with Crippen molar-refractivity contribution in [1.29, 1.82) is 0 Å². The second kappa shape index (κ2) is 6.89. The Balaban J connectivity index is 2.76. The molecule has 4 heteroatoms. The van der Waals surface area contributed by atoms with Crippen molar-refractivity contribution in [3.63, 3.8) is 0 Å². The molecule has 2 amide bonds. The maximum atomic E-state index is 10.9. The molecule has 0 saturated heterocycles. The van der Waals surface area contributed by atoms with Crippen molar-refractivity contribution >= 4 is 6.03 Å². The van der Waals surface area contributed by atoms with E-state index in [1.54, 1.807) is 6.07 Å². The van der Waals surface area contributed by atoms with Crippen LogP contribution < -0.4 is 11.1 Å². The first-order chi connectivity index (χ1) is 8.56. The first-order valence-electron chi connectivity index (χ1n) is 6.43. The number of urea groups is 1. The Hall–Kier alpha value is -1.71. The van der Waals surface area contributed by atoms with E-state index in [0.717, 1.165) is 36.8 Å². The second-order valence-corrected chi connectivity index (χ2v) is 4.53. The van der Waals surface area contributed by atoms with Gasteiger partial charge in [0.25, 0.3) is 0 Å². The van der Waals surface area contributed by atoms with Crippen LogP contribution in [-0.2, 0) is 12.8 Å². The summed E-state index contributed by atoms with van der Waals surface area (Å²) in [7, 11) is 0. The molecule has 1 unspecified atom stereocenters. The van der Waals surface area contributed by atoms with Crippen LogP contribution in [-0.4, -0.2) is 17.2 Å². The number of amides is 2. The molecule has 0 radical (unpaired) electrons. The molecule has 18 heavy (non-hydrogen) atoms. The number of phenolic OH excluding ortho intramolecular Hbond substituents is 1. The van der Waals surface area contributed by atoms with Crippen molar-refractivity contribution in [2.45, 2.75) is 45.6 Å². The van der Waals surface area contributed by atoms with Crippen LogP contribution in [0.3, 0.4) is 0 Å². The third-order valence-corrected chi connectivity index (χ3v) is 2.98. The molecule has 100 valence electrons. The molecule has 1 aromatic rings. The third-order valence-electron chi connectivity index (χ3n) is 2.98. The monoisotopic (exact) mass is 250 g/mol. The quantitative estimate of drug-likeness (QED) is 0.724. The van der Waals surface area contributed by atoms with E-state index in [1.807, 2.05) is 19.1 Å². The minimum absolute atomic E-state index is 0.0431. The molecular weight excluding hydrogens is 228 g/mol. The number of aryl methyl sites for hydroxylation is 1. The first kappa shape index (κ1) is 14.4. The van der Waals surface area contributed by atoms with Gasteiger partial charge in [0.05, 0.1) is 0 Å². The van der Waals surface area contributed by atoms with Crippen molar-refractivity contribution in [3.8, 4) is 5.75 Å². The Morgan fingerprint density at radius 3 is 2.72 bits per heavy atom. The zero-order valence-electron chi connectivity index (χ0n) is 11.1. The maximum absolute atomic E-state index is 10.9. The predicted octanol–water partition coefficient (Wildman–Crippen LogP) is 2.33.